The summed E-state index contributed by atoms with van der Waals surface area (Å²) >= 11 is 13.7. The molecule has 0 saturated heterocycles. The third-order valence-corrected chi connectivity index (χ3v) is 7.57. The Hall–Kier alpha value is -3.52. The van der Waals surface area contributed by atoms with Crippen LogP contribution in [-0.4, -0.2) is 10.5 Å². The molecule has 2 heterocycles. The minimum atomic E-state index is -0.803. The van der Waals surface area contributed by atoms with Crippen molar-refractivity contribution in [1.29, 1.82) is 0 Å². The van der Waals surface area contributed by atoms with Gasteiger partial charge in [-0.15, -0.1) is 0 Å². The van der Waals surface area contributed by atoms with Crippen LogP contribution in [-0.2, 0) is 4.79 Å². The largest absolute Gasteiger partial charge is 0.322 e. The SMILES string of the molecule is CC1=C(C(=O)Nc2ccccc2)C(c2ccc(F)cc2)n2c(s/c(=C\c3cccc(Cl)c3Cl)c2=O)=N1. The number of halogens is 3. The molecule has 36 heavy (non-hydrogen) atoms. The van der Waals surface area contributed by atoms with E-state index >= 15 is 0 Å². The van der Waals surface area contributed by atoms with Crippen LogP contribution in [0, 0.1) is 5.82 Å². The highest BCUT2D eigenvalue weighted by Crippen LogP contribution is 2.31. The number of nitrogens with one attached hydrogen (secondary N) is 1. The summed E-state index contributed by atoms with van der Waals surface area (Å²) in [4.78, 5) is 32.2. The topological polar surface area (TPSA) is 63.5 Å². The van der Waals surface area contributed by atoms with E-state index in [-0.39, 0.29) is 5.56 Å². The van der Waals surface area contributed by atoms with Gasteiger partial charge in [0.05, 0.1) is 31.9 Å². The average Bonchev–Trinajstić information content (AvgIpc) is 3.16. The Bertz CT molecular complexity index is 1690. The summed E-state index contributed by atoms with van der Waals surface area (Å²) in [6.45, 7) is 1.72. The first-order valence-corrected chi connectivity index (χ1v) is 12.5. The van der Waals surface area contributed by atoms with Crippen molar-refractivity contribution < 1.29 is 9.18 Å². The van der Waals surface area contributed by atoms with Crippen molar-refractivity contribution in [1.82, 2.24) is 4.57 Å². The summed E-state index contributed by atoms with van der Waals surface area (Å²) in [5.41, 5.74) is 2.19. The summed E-state index contributed by atoms with van der Waals surface area (Å²) in [6.07, 6.45) is 1.66. The van der Waals surface area contributed by atoms with Crippen LogP contribution in [0.3, 0.4) is 0 Å². The third-order valence-electron chi connectivity index (χ3n) is 5.75. The lowest BCUT2D eigenvalue weighted by atomic mass is 9.95. The molecule has 0 saturated carbocycles. The lowest BCUT2D eigenvalue weighted by Gasteiger charge is -2.25. The molecule has 1 aliphatic rings. The molecule has 0 spiro atoms. The second kappa shape index (κ2) is 9.85. The summed E-state index contributed by atoms with van der Waals surface area (Å²) in [7, 11) is 0. The minimum absolute atomic E-state index is 0.296. The van der Waals surface area contributed by atoms with E-state index in [4.69, 9.17) is 23.2 Å². The predicted molar refractivity (Wildman–Crippen MR) is 142 cm³/mol. The quantitative estimate of drug-likeness (QED) is 0.383. The average molecular weight is 538 g/mol. The van der Waals surface area contributed by atoms with E-state index in [2.05, 4.69) is 10.3 Å². The van der Waals surface area contributed by atoms with Gasteiger partial charge >= 0.3 is 0 Å². The fraction of sp³-hybridized carbons (Fsp3) is 0.0741. The predicted octanol–water partition coefficient (Wildman–Crippen LogP) is 5.32. The number of hydrogen-bond acceptors (Lipinski definition) is 4. The van der Waals surface area contributed by atoms with Gasteiger partial charge in [-0.1, -0.05) is 77.0 Å². The lowest BCUT2D eigenvalue weighted by molar-refractivity contribution is -0.113. The molecule has 5 nitrogen and oxygen atoms in total. The third kappa shape index (κ3) is 4.53. The van der Waals surface area contributed by atoms with Crippen molar-refractivity contribution in [2.75, 3.05) is 5.32 Å². The molecule has 0 radical (unpaired) electrons. The molecule has 180 valence electrons. The van der Waals surface area contributed by atoms with Gasteiger partial charge in [0.15, 0.2) is 4.80 Å². The van der Waals surface area contributed by atoms with Gasteiger partial charge in [-0.3, -0.25) is 14.2 Å². The number of carbonyl (C=O) groups is 1. The summed E-state index contributed by atoms with van der Waals surface area (Å²) in [6, 6.07) is 19.1. The number of amides is 1. The minimum Gasteiger partial charge on any atom is -0.322 e. The maximum atomic E-state index is 13.8. The Kier molecular flexibility index (Phi) is 6.62. The lowest BCUT2D eigenvalue weighted by Crippen LogP contribution is -2.40. The van der Waals surface area contributed by atoms with E-state index in [1.54, 1.807) is 55.5 Å². The Labute approximate surface area is 219 Å². The van der Waals surface area contributed by atoms with E-state index in [0.717, 1.165) is 0 Å². The van der Waals surface area contributed by atoms with Crippen LogP contribution in [0.4, 0.5) is 10.1 Å². The van der Waals surface area contributed by atoms with Gasteiger partial charge in [-0.25, -0.2) is 9.38 Å². The molecule has 3 aromatic carbocycles. The number of carbonyl (C=O) groups excluding carboxylic acids is 1. The molecule has 4 aromatic rings. The van der Waals surface area contributed by atoms with Gasteiger partial charge in [-0.05, 0) is 54.5 Å². The highest BCUT2D eigenvalue weighted by atomic mass is 35.5. The Morgan fingerprint density at radius 3 is 2.50 bits per heavy atom. The second-order valence-corrected chi connectivity index (χ2v) is 9.89. The zero-order valence-electron chi connectivity index (χ0n) is 18.8. The second-order valence-electron chi connectivity index (χ2n) is 8.10. The van der Waals surface area contributed by atoms with Crippen LogP contribution in [0.15, 0.2) is 93.9 Å². The molecule has 0 fully saturated rings. The Balaban J connectivity index is 1.69. The first-order chi connectivity index (χ1) is 17.3. The molecule has 1 N–H and O–H groups in total. The summed E-state index contributed by atoms with van der Waals surface area (Å²) < 4.78 is 15.6. The van der Waals surface area contributed by atoms with E-state index in [1.807, 2.05) is 18.2 Å². The zero-order chi connectivity index (χ0) is 25.4. The summed E-state index contributed by atoms with van der Waals surface area (Å²) in [5, 5.41) is 3.59. The highest BCUT2D eigenvalue weighted by molar-refractivity contribution is 7.07. The maximum Gasteiger partial charge on any atom is 0.271 e. The van der Waals surface area contributed by atoms with Gasteiger partial charge in [0.1, 0.15) is 5.82 Å². The van der Waals surface area contributed by atoms with Crippen molar-refractivity contribution in [3.8, 4) is 0 Å². The molecule has 1 aliphatic heterocycles. The van der Waals surface area contributed by atoms with Crippen LogP contribution in [0.1, 0.15) is 24.1 Å². The number of nitrogens with zero attached hydrogens (tertiary/aromatic N) is 2. The number of hydrogen-bond donors (Lipinski definition) is 1. The molecule has 1 aromatic heterocycles. The molecule has 1 atom stereocenters. The molecule has 1 amide bonds. The van der Waals surface area contributed by atoms with E-state index in [9.17, 15) is 14.0 Å². The van der Waals surface area contributed by atoms with E-state index < -0.39 is 17.8 Å². The van der Waals surface area contributed by atoms with Gasteiger partial charge in [0.25, 0.3) is 11.5 Å². The molecule has 0 aliphatic carbocycles. The van der Waals surface area contributed by atoms with Crippen molar-refractivity contribution in [3.63, 3.8) is 0 Å². The highest BCUT2D eigenvalue weighted by Gasteiger charge is 2.32. The number of fused-ring (bicyclic) bond motifs is 1. The number of benzene rings is 3. The summed E-state index contributed by atoms with van der Waals surface area (Å²) in [5.74, 6) is -0.818. The molecular formula is C27H18Cl2FN3O2S. The Morgan fingerprint density at radius 2 is 1.78 bits per heavy atom. The Morgan fingerprint density at radius 1 is 1.06 bits per heavy atom. The first-order valence-electron chi connectivity index (χ1n) is 10.9. The van der Waals surface area contributed by atoms with Crippen molar-refractivity contribution in [2.24, 2.45) is 4.99 Å². The van der Waals surface area contributed by atoms with Crippen LogP contribution in [0.25, 0.3) is 6.08 Å². The van der Waals surface area contributed by atoms with Crippen LogP contribution in [0.2, 0.25) is 10.0 Å². The number of thiazole rings is 1. The molecule has 0 bridgehead atoms. The van der Waals surface area contributed by atoms with Crippen LogP contribution >= 0.6 is 34.5 Å². The van der Waals surface area contributed by atoms with Crippen LogP contribution in [0.5, 0.6) is 0 Å². The van der Waals surface area contributed by atoms with E-state index in [0.29, 0.717) is 47.5 Å². The van der Waals surface area contributed by atoms with Crippen LogP contribution < -0.4 is 20.2 Å². The number of anilines is 1. The maximum absolute atomic E-state index is 13.8. The number of aromatic nitrogens is 1. The normalized spacial score (nSPS) is 15.4. The number of allylic oxidation sites excluding steroid dienone is 1. The molecular weight excluding hydrogens is 520 g/mol. The van der Waals surface area contributed by atoms with Crippen molar-refractivity contribution in [2.45, 2.75) is 13.0 Å². The van der Waals surface area contributed by atoms with Gasteiger partial charge in [0, 0.05) is 5.69 Å². The molecule has 5 rings (SSSR count). The van der Waals surface area contributed by atoms with Crippen molar-refractivity contribution >= 4 is 52.2 Å². The smallest absolute Gasteiger partial charge is 0.271 e. The fourth-order valence-electron chi connectivity index (χ4n) is 4.07. The monoisotopic (exact) mass is 537 g/mol. The van der Waals surface area contributed by atoms with Gasteiger partial charge in [-0.2, -0.15) is 0 Å². The molecule has 1 unspecified atom stereocenters. The molecule has 9 heteroatoms. The number of para-hydroxylation sites is 1. The van der Waals surface area contributed by atoms with Gasteiger partial charge < -0.3 is 5.32 Å². The first kappa shape index (κ1) is 24.2. The van der Waals surface area contributed by atoms with Crippen molar-refractivity contribution in [3.05, 3.63) is 131 Å². The zero-order valence-corrected chi connectivity index (χ0v) is 21.2. The van der Waals surface area contributed by atoms with Gasteiger partial charge in [0.2, 0.25) is 0 Å². The standard InChI is InChI=1S/C27H18Cl2FN3O2S/c1-15-22(25(34)32-19-7-3-2-4-8-19)24(16-10-12-18(30)13-11-16)33-26(35)21(36-27(33)31-15)14-17-6-5-9-20(28)23(17)29/h2-14,24H,1H3,(H,32,34)/b21-14-. The fourth-order valence-corrected chi connectivity index (χ4v) is 5.47. The van der Waals surface area contributed by atoms with E-state index in [1.165, 1.54) is 28.0 Å². The number of rotatable bonds is 4.